The van der Waals surface area contributed by atoms with Gasteiger partial charge in [-0.2, -0.15) is 0 Å². The number of benzene rings is 1. The van der Waals surface area contributed by atoms with Gasteiger partial charge in [0.1, 0.15) is 22.6 Å². The molecular weight excluding hydrogens is 288 g/mol. The number of hydrogen-bond acceptors (Lipinski definition) is 5. The molecule has 4 aromatic rings. The van der Waals surface area contributed by atoms with Crippen LogP contribution in [0, 0.1) is 0 Å². The summed E-state index contributed by atoms with van der Waals surface area (Å²) < 4.78 is 6.00. The minimum atomic E-state index is -0.403. The number of nitrogens with zero attached hydrogens (tertiary/aromatic N) is 3. The molecule has 5 nitrogen and oxygen atoms in total. The highest BCUT2D eigenvalue weighted by molar-refractivity contribution is 6.03. The van der Waals surface area contributed by atoms with Gasteiger partial charge in [0.15, 0.2) is 5.58 Å². The van der Waals surface area contributed by atoms with Gasteiger partial charge in [-0.05, 0) is 23.8 Å². The van der Waals surface area contributed by atoms with E-state index in [1.807, 2.05) is 43.3 Å². The molecule has 0 saturated carbocycles. The normalized spacial score (nSPS) is 12.8. The van der Waals surface area contributed by atoms with Gasteiger partial charge in [0.05, 0.1) is 6.04 Å². The molecule has 0 radical (unpaired) electrons. The summed E-state index contributed by atoms with van der Waals surface area (Å²) in [5.74, 6) is 0.762. The molecule has 0 aliphatic rings. The van der Waals surface area contributed by atoms with Crippen molar-refractivity contribution in [3.05, 3.63) is 65.9 Å². The minimum Gasteiger partial charge on any atom is -0.452 e. The van der Waals surface area contributed by atoms with Crippen LogP contribution in [0.25, 0.3) is 22.1 Å². The SMILES string of the molecule is CCc1nc(C(N)c2cccnc2)c2oc3ccccc3c2n1. The van der Waals surface area contributed by atoms with Crippen molar-refractivity contribution in [3.8, 4) is 0 Å². The molecule has 1 aromatic carbocycles. The van der Waals surface area contributed by atoms with Crippen molar-refractivity contribution in [2.45, 2.75) is 19.4 Å². The summed E-state index contributed by atoms with van der Waals surface area (Å²) in [6.07, 6.45) is 4.22. The third-order valence-electron chi connectivity index (χ3n) is 3.95. The molecule has 5 heteroatoms. The summed E-state index contributed by atoms with van der Waals surface area (Å²) in [5, 5.41) is 0.985. The van der Waals surface area contributed by atoms with E-state index in [1.54, 1.807) is 12.4 Å². The molecule has 1 atom stereocenters. The monoisotopic (exact) mass is 304 g/mol. The molecule has 2 N–H and O–H groups in total. The van der Waals surface area contributed by atoms with E-state index in [-0.39, 0.29) is 0 Å². The predicted octanol–water partition coefficient (Wildman–Crippen LogP) is 3.38. The van der Waals surface area contributed by atoms with E-state index < -0.39 is 6.04 Å². The van der Waals surface area contributed by atoms with Gasteiger partial charge in [-0.25, -0.2) is 9.97 Å². The van der Waals surface area contributed by atoms with Crippen LogP contribution in [0.4, 0.5) is 0 Å². The second-order valence-corrected chi connectivity index (χ2v) is 5.42. The molecule has 4 rings (SSSR count). The van der Waals surface area contributed by atoms with Gasteiger partial charge in [-0.15, -0.1) is 0 Å². The van der Waals surface area contributed by atoms with Crippen LogP contribution in [-0.4, -0.2) is 15.0 Å². The summed E-state index contributed by atoms with van der Waals surface area (Å²) in [6, 6.07) is 11.3. The second kappa shape index (κ2) is 5.44. The van der Waals surface area contributed by atoms with Crippen molar-refractivity contribution in [1.29, 1.82) is 0 Å². The highest BCUT2D eigenvalue weighted by Crippen LogP contribution is 2.32. The van der Waals surface area contributed by atoms with Crippen LogP contribution in [-0.2, 0) is 6.42 Å². The van der Waals surface area contributed by atoms with E-state index in [0.717, 1.165) is 34.3 Å². The van der Waals surface area contributed by atoms with Crippen LogP contribution in [0.15, 0.2) is 53.2 Å². The van der Waals surface area contributed by atoms with Crippen molar-refractivity contribution in [2.24, 2.45) is 5.73 Å². The molecule has 0 aliphatic carbocycles. The fourth-order valence-corrected chi connectivity index (χ4v) is 2.75. The Morgan fingerprint density at radius 1 is 1.13 bits per heavy atom. The maximum absolute atomic E-state index is 6.44. The van der Waals surface area contributed by atoms with Crippen LogP contribution in [0.5, 0.6) is 0 Å². The number of nitrogens with two attached hydrogens (primary N) is 1. The smallest absolute Gasteiger partial charge is 0.177 e. The standard InChI is InChI=1S/C18H16N4O/c1-2-14-21-16-12-7-3-4-8-13(12)23-18(16)17(22-14)15(19)11-6-5-9-20-10-11/h3-10,15H,2,19H2,1H3. The van der Waals surface area contributed by atoms with Gasteiger partial charge in [0, 0.05) is 24.2 Å². The summed E-state index contributed by atoms with van der Waals surface area (Å²) in [4.78, 5) is 13.4. The van der Waals surface area contributed by atoms with Gasteiger partial charge >= 0.3 is 0 Å². The van der Waals surface area contributed by atoms with Crippen molar-refractivity contribution in [1.82, 2.24) is 15.0 Å². The van der Waals surface area contributed by atoms with Gasteiger partial charge in [0.25, 0.3) is 0 Å². The summed E-state index contributed by atoms with van der Waals surface area (Å²) in [7, 11) is 0. The maximum Gasteiger partial charge on any atom is 0.177 e. The molecule has 0 saturated heterocycles. The lowest BCUT2D eigenvalue weighted by Crippen LogP contribution is -2.15. The fraction of sp³-hybridized carbons (Fsp3) is 0.167. The summed E-state index contributed by atoms with van der Waals surface area (Å²) in [6.45, 7) is 2.03. The molecule has 0 fully saturated rings. The molecule has 1 unspecified atom stereocenters. The Kier molecular flexibility index (Phi) is 3.28. The Balaban J connectivity index is 2.01. The van der Waals surface area contributed by atoms with E-state index in [4.69, 9.17) is 10.2 Å². The number of para-hydroxylation sites is 1. The molecule has 3 aromatic heterocycles. The minimum absolute atomic E-state index is 0.403. The molecular formula is C18H16N4O. The predicted molar refractivity (Wildman–Crippen MR) is 89.0 cm³/mol. The third-order valence-corrected chi connectivity index (χ3v) is 3.95. The Bertz CT molecular complexity index is 978. The lowest BCUT2D eigenvalue weighted by atomic mass is 10.1. The Hall–Kier alpha value is -2.79. The zero-order chi connectivity index (χ0) is 15.8. The largest absolute Gasteiger partial charge is 0.452 e. The first-order chi connectivity index (χ1) is 11.3. The lowest BCUT2D eigenvalue weighted by molar-refractivity contribution is 0.646. The van der Waals surface area contributed by atoms with Crippen LogP contribution in [0.3, 0.4) is 0 Å². The molecule has 0 aliphatic heterocycles. The highest BCUT2D eigenvalue weighted by atomic mass is 16.3. The lowest BCUT2D eigenvalue weighted by Gasteiger charge is -2.12. The number of aromatic nitrogens is 3. The first-order valence-electron chi connectivity index (χ1n) is 7.61. The van der Waals surface area contributed by atoms with E-state index >= 15 is 0 Å². The summed E-state index contributed by atoms with van der Waals surface area (Å²) in [5.41, 5.74) is 10.3. The van der Waals surface area contributed by atoms with Crippen molar-refractivity contribution < 1.29 is 4.42 Å². The van der Waals surface area contributed by atoms with Gasteiger partial charge < -0.3 is 10.2 Å². The van der Waals surface area contributed by atoms with E-state index in [1.165, 1.54) is 0 Å². The average molecular weight is 304 g/mol. The van der Waals surface area contributed by atoms with Gasteiger partial charge in [0.2, 0.25) is 0 Å². The highest BCUT2D eigenvalue weighted by Gasteiger charge is 2.21. The number of aryl methyl sites for hydroxylation is 1. The number of pyridine rings is 1. The molecule has 23 heavy (non-hydrogen) atoms. The molecule has 0 amide bonds. The number of hydrogen-bond donors (Lipinski definition) is 1. The van der Waals surface area contributed by atoms with Gasteiger partial charge in [-0.1, -0.05) is 25.1 Å². The number of rotatable bonds is 3. The Labute approximate surface area is 133 Å². The van der Waals surface area contributed by atoms with Gasteiger partial charge in [-0.3, -0.25) is 4.98 Å². The fourth-order valence-electron chi connectivity index (χ4n) is 2.75. The maximum atomic E-state index is 6.44. The molecule has 3 heterocycles. The number of fused-ring (bicyclic) bond motifs is 3. The first-order valence-corrected chi connectivity index (χ1v) is 7.61. The van der Waals surface area contributed by atoms with E-state index in [0.29, 0.717) is 11.3 Å². The number of furan rings is 1. The zero-order valence-electron chi connectivity index (χ0n) is 12.7. The average Bonchev–Trinajstić information content (AvgIpc) is 2.99. The van der Waals surface area contributed by atoms with Crippen LogP contribution in [0.2, 0.25) is 0 Å². The Morgan fingerprint density at radius 3 is 2.78 bits per heavy atom. The first kappa shape index (κ1) is 13.8. The van der Waals surface area contributed by atoms with Crippen LogP contribution in [0.1, 0.15) is 30.0 Å². The molecule has 0 spiro atoms. The van der Waals surface area contributed by atoms with E-state index in [9.17, 15) is 0 Å². The van der Waals surface area contributed by atoms with Crippen molar-refractivity contribution in [2.75, 3.05) is 0 Å². The van der Waals surface area contributed by atoms with Crippen molar-refractivity contribution in [3.63, 3.8) is 0 Å². The van der Waals surface area contributed by atoms with Crippen LogP contribution < -0.4 is 5.73 Å². The van der Waals surface area contributed by atoms with E-state index in [2.05, 4.69) is 15.0 Å². The quantitative estimate of drug-likeness (QED) is 0.627. The zero-order valence-corrected chi connectivity index (χ0v) is 12.7. The molecule has 0 bridgehead atoms. The van der Waals surface area contributed by atoms with Crippen molar-refractivity contribution >= 4 is 22.1 Å². The molecule has 114 valence electrons. The van der Waals surface area contributed by atoms with Crippen LogP contribution >= 0.6 is 0 Å². The second-order valence-electron chi connectivity index (χ2n) is 5.42. The topological polar surface area (TPSA) is 77.8 Å². The Morgan fingerprint density at radius 2 is 2.00 bits per heavy atom. The summed E-state index contributed by atoms with van der Waals surface area (Å²) >= 11 is 0. The third kappa shape index (κ3) is 2.26.